The van der Waals surface area contributed by atoms with Gasteiger partial charge >= 0.3 is 0 Å². The number of aldehydes is 1. The van der Waals surface area contributed by atoms with Gasteiger partial charge in [-0.15, -0.1) is 0 Å². The summed E-state index contributed by atoms with van der Waals surface area (Å²) in [5, 5.41) is 0. The SMILES string of the molecule is CC\C(C=O)=C(C)/C=C/C=C(C)/C=C/C1=C(C)CCCC1(C)C. The third-order valence-electron chi connectivity index (χ3n) is 4.79. The normalized spacial score (nSPS) is 20.3. The minimum atomic E-state index is 0.286. The molecule has 0 spiro atoms. The zero-order chi connectivity index (χ0) is 17.5. The molecule has 0 radical (unpaired) electrons. The van der Waals surface area contributed by atoms with Gasteiger partial charge in [0.05, 0.1) is 0 Å². The standard InChI is InChI=1S/C22H32O/c1-7-20(16-23)18(3)11-8-10-17(2)13-14-21-19(4)12-9-15-22(21,5)6/h8,10-11,13-14,16H,7,9,12,15H2,1-6H3/b11-8+,14-13+,17-10+,20-18+. The van der Waals surface area contributed by atoms with E-state index in [1.807, 2.05) is 26.0 Å². The Bertz CT molecular complexity index is 577. The quantitative estimate of drug-likeness (QED) is 0.311. The monoisotopic (exact) mass is 312 g/mol. The van der Waals surface area contributed by atoms with Gasteiger partial charge in [0.15, 0.2) is 0 Å². The molecule has 0 aromatic heterocycles. The molecular formula is C22H32O. The Kier molecular flexibility index (Phi) is 7.48. The van der Waals surface area contributed by atoms with Gasteiger partial charge in [0.25, 0.3) is 0 Å². The maximum atomic E-state index is 10.9. The van der Waals surface area contributed by atoms with Gasteiger partial charge in [0.1, 0.15) is 6.29 Å². The van der Waals surface area contributed by atoms with Gasteiger partial charge in [0, 0.05) is 0 Å². The van der Waals surface area contributed by atoms with E-state index < -0.39 is 0 Å². The molecular weight excluding hydrogens is 280 g/mol. The third kappa shape index (κ3) is 5.82. The van der Waals surface area contributed by atoms with Gasteiger partial charge in [-0.1, -0.05) is 62.3 Å². The zero-order valence-corrected chi connectivity index (χ0v) is 15.7. The molecule has 0 atom stereocenters. The minimum Gasteiger partial charge on any atom is -0.298 e. The van der Waals surface area contributed by atoms with Crippen molar-refractivity contribution in [2.24, 2.45) is 5.41 Å². The summed E-state index contributed by atoms with van der Waals surface area (Å²) in [6.45, 7) is 13.1. The molecule has 0 aromatic rings. The summed E-state index contributed by atoms with van der Waals surface area (Å²) in [6, 6.07) is 0. The second-order valence-corrected chi connectivity index (χ2v) is 7.21. The first-order valence-corrected chi connectivity index (χ1v) is 8.70. The van der Waals surface area contributed by atoms with Crippen molar-refractivity contribution in [2.75, 3.05) is 0 Å². The van der Waals surface area contributed by atoms with Gasteiger partial charge in [-0.05, 0) is 68.6 Å². The fourth-order valence-electron chi connectivity index (χ4n) is 3.19. The maximum Gasteiger partial charge on any atom is 0.146 e. The highest BCUT2D eigenvalue weighted by Gasteiger charge is 2.26. The summed E-state index contributed by atoms with van der Waals surface area (Å²) in [6.07, 6.45) is 16.2. The molecule has 0 N–H and O–H groups in total. The summed E-state index contributed by atoms with van der Waals surface area (Å²) in [7, 11) is 0. The van der Waals surface area contributed by atoms with E-state index in [4.69, 9.17) is 0 Å². The van der Waals surface area contributed by atoms with Crippen LogP contribution in [-0.2, 0) is 4.79 Å². The van der Waals surface area contributed by atoms with Crippen LogP contribution in [0.5, 0.6) is 0 Å². The number of allylic oxidation sites excluding steroid dienone is 10. The van der Waals surface area contributed by atoms with Crippen molar-refractivity contribution in [3.63, 3.8) is 0 Å². The minimum absolute atomic E-state index is 0.286. The van der Waals surface area contributed by atoms with Crippen molar-refractivity contribution >= 4 is 6.29 Å². The van der Waals surface area contributed by atoms with E-state index in [-0.39, 0.29) is 5.41 Å². The molecule has 0 aromatic carbocycles. The molecule has 0 bridgehead atoms. The molecule has 126 valence electrons. The van der Waals surface area contributed by atoms with Gasteiger partial charge < -0.3 is 0 Å². The van der Waals surface area contributed by atoms with E-state index in [1.165, 1.54) is 36.0 Å². The zero-order valence-electron chi connectivity index (χ0n) is 15.7. The molecule has 1 nitrogen and oxygen atoms in total. The van der Waals surface area contributed by atoms with E-state index in [2.05, 4.69) is 45.9 Å². The van der Waals surface area contributed by atoms with E-state index in [0.717, 1.165) is 23.9 Å². The van der Waals surface area contributed by atoms with Crippen molar-refractivity contribution in [2.45, 2.75) is 67.2 Å². The topological polar surface area (TPSA) is 17.1 Å². The van der Waals surface area contributed by atoms with Crippen LogP contribution in [0.3, 0.4) is 0 Å². The molecule has 23 heavy (non-hydrogen) atoms. The van der Waals surface area contributed by atoms with E-state index in [9.17, 15) is 4.79 Å². The largest absolute Gasteiger partial charge is 0.298 e. The lowest BCUT2D eigenvalue weighted by Crippen LogP contribution is -2.19. The average molecular weight is 312 g/mol. The molecule has 1 rings (SSSR count). The van der Waals surface area contributed by atoms with Crippen LogP contribution in [0.15, 0.2) is 58.2 Å². The van der Waals surface area contributed by atoms with E-state index in [0.29, 0.717) is 0 Å². The number of carbonyl (C=O) groups excluding carboxylic acids is 1. The van der Waals surface area contributed by atoms with Crippen LogP contribution in [0.2, 0.25) is 0 Å². The smallest absolute Gasteiger partial charge is 0.146 e. The Morgan fingerprint density at radius 3 is 2.48 bits per heavy atom. The first kappa shape index (κ1) is 19.4. The van der Waals surface area contributed by atoms with E-state index >= 15 is 0 Å². The number of carbonyl (C=O) groups is 1. The summed E-state index contributed by atoms with van der Waals surface area (Å²) >= 11 is 0. The molecule has 1 aliphatic rings. The molecule has 1 aliphatic carbocycles. The van der Waals surface area contributed by atoms with Crippen LogP contribution >= 0.6 is 0 Å². The van der Waals surface area contributed by atoms with Gasteiger partial charge in [0.2, 0.25) is 0 Å². The molecule has 1 heteroatoms. The van der Waals surface area contributed by atoms with Crippen molar-refractivity contribution < 1.29 is 4.79 Å². The van der Waals surface area contributed by atoms with E-state index in [1.54, 1.807) is 0 Å². The predicted octanol–water partition coefficient (Wildman–Crippen LogP) is 6.50. The summed E-state index contributed by atoms with van der Waals surface area (Å²) in [5.41, 5.74) is 6.44. The van der Waals surface area contributed by atoms with Crippen LogP contribution in [-0.4, -0.2) is 6.29 Å². The van der Waals surface area contributed by atoms with Crippen molar-refractivity contribution in [1.29, 1.82) is 0 Å². The Hall–Kier alpha value is -1.63. The first-order chi connectivity index (χ1) is 10.8. The highest BCUT2D eigenvalue weighted by Crippen LogP contribution is 2.40. The fraction of sp³-hybridized carbons (Fsp3) is 0.500. The van der Waals surface area contributed by atoms with Gasteiger partial charge in [-0.25, -0.2) is 0 Å². The fourth-order valence-corrected chi connectivity index (χ4v) is 3.19. The summed E-state index contributed by atoms with van der Waals surface area (Å²) in [4.78, 5) is 10.9. The highest BCUT2D eigenvalue weighted by molar-refractivity contribution is 5.75. The molecule has 0 saturated heterocycles. The molecule has 0 fully saturated rings. The second kappa shape index (κ2) is 8.86. The molecule has 0 amide bonds. The van der Waals surface area contributed by atoms with Gasteiger partial charge in [-0.2, -0.15) is 0 Å². The second-order valence-electron chi connectivity index (χ2n) is 7.21. The first-order valence-electron chi connectivity index (χ1n) is 8.70. The lowest BCUT2D eigenvalue weighted by molar-refractivity contribution is -0.105. The third-order valence-corrected chi connectivity index (χ3v) is 4.79. The Balaban J connectivity index is 2.85. The lowest BCUT2D eigenvalue weighted by atomic mass is 9.72. The highest BCUT2D eigenvalue weighted by atomic mass is 16.1. The Morgan fingerprint density at radius 2 is 1.91 bits per heavy atom. The number of rotatable bonds is 6. The average Bonchev–Trinajstić information content (AvgIpc) is 2.47. The Labute approximate surface area is 142 Å². The number of hydrogen-bond donors (Lipinski definition) is 0. The van der Waals surface area contributed by atoms with Crippen molar-refractivity contribution in [3.8, 4) is 0 Å². The molecule has 0 unspecified atom stereocenters. The van der Waals surface area contributed by atoms with Gasteiger partial charge in [-0.3, -0.25) is 4.79 Å². The predicted molar refractivity (Wildman–Crippen MR) is 101 cm³/mol. The molecule has 0 aliphatic heterocycles. The van der Waals surface area contributed by atoms with Crippen LogP contribution in [0, 0.1) is 5.41 Å². The van der Waals surface area contributed by atoms with Crippen LogP contribution < -0.4 is 0 Å². The van der Waals surface area contributed by atoms with Crippen molar-refractivity contribution in [1.82, 2.24) is 0 Å². The maximum absolute atomic E-state index is 10.9. The van der Waals surface area contributed by atoms with Crippen LogP contribution in [0.4, 0.5) is 0 Å². The lowest BCUT2D eigenvalue weighted by Gasteiger charge is -2.32. The summed E-state index contributed by atoms with van der Waals surface area (Å²) < 4.78 is 0. The van der Waals surface area contributed by atoms with Crippen molar-refractivity contribution in [3.05, 3.63) is 58.2 Å². The molecule has 0 saturated carbocycles. The number of hydrogen-bond acceptors (Lipinski definition) is 1. The van der Waals surface area contributed by atoms with Crippen LogP contribution in [0.25, 0.3) is 0 Å². The summed E-state index contributed by atoms with van der Waals surface area (Å²) in [5.74, 6) is 0. The molecule has 0 heterocycles. The Morgan fingerprint density at radius 1 is 1.22 bits per heavy atom. The van der Waals surface area contributed by atoms with Crippen LogP contribution in [0.1, 0.15) is 67.2 Å².